The molecule has 0 fully saturated rings. The van der Waals surface area contributed by atoms with Crippen LogP contribution in [0.2, 0.25) is 0 Å². The predicted molar refractivity (Wildman–Crippen MR) is 94.8 cm³/mol. The van der Waals surface area contributed by atoms with Gasteiger partial charge in [-0.3, -0.25) is 14.2 Å². The summed E-state index contributed by atoms with van der Waals surface area (Å²) >= 11 is 0. The Bertz CT molecular complexity index is 1100. The van der Waals surface area contributed by atoms with E-state index in [-0.39, 0.29) is 12.1 Å². The fraction of sp³-hybridized carbons (Fsp3) is 0.294. The van der Waals surface area contributed by atoms with Crippen molar-refractivity contribution in [3.63, 3.8) is 0 Å². The molecule has 0 atom stereocenters. The highest BCUT2D eigenvalue weighted by atomic mass is 16.2. The van der Waals surface area contributed by atoms with Crippen molar-refractivity contribution in [3.05, 3.63) is 56.5 Å². The summed E-state index contributed by atoms with van der Waals surface area (Å²) in [6.07, 6.45) is 1.46. The van der Waals surface area contributed by atoms with Crippen LogP contribution in [0.4, 0.5) is 5.69 Å². The molecule has 2 heterocycles. The molecule has 8 heteroatoms. The van der Waals surface area contributed by atoms with Gasteiger partial charge < -0.3 is 9.88 Å². The Kier molecular flexibility index (Phi) is 4.03. The number of carbonyl (C=O) groups is 1. The molecule has 130 valence electrons. The van der Waals surface area contributed by atoms with Crippen molar-refractivity contribution < 1.29 is 4.79 Å². The van der Waals surface area contributed by atoms with E-state index in [4.69, 9.17) is 0 Å². The lowest BCUT2D eigenvalue weighted by Crippen LogP contribution is -2.42. The van der Waals surface area contributed by atoms with Crippen molar-refractivity contribution in [1.82, 2.24) is 18.7 Å². The van der Waals surface area contributed by atoms with E-state index in [1.54, 1.807) is 13.1 Å². The van der Waals surface area contributed by atoms with E-state index in [0.29, 0.717) is 11.3 Å². The first kappa shape index (κ1) is 16.7. The molecule has 0 saturated heterocycles. The lowest BCUT2D eigenvalue weighted by Gasteiger charge is -2.12. The second-order valence-corrected chi connectivity index (χ2v) is 6.06. The smallest absolute Gasteiger partial charge is 0.328 e. The number of nitrogens with one attached hydrogen (secondary N) is 1. The van der Waals surface area contributed by atoms with E-state index >= 15 is 0 Å². The Labute approximate surface area is 143 Å². The number of aromatic nitrogens is 4. The van der Waals surface area contributed by atoms with Crippen LogP contribution in [-0.2, 0) is 25.4 Å². The molecule has 25 heavy (non-hydrogen) atoms. The van der Waals surface area contributed by atoms with E-state index in [1.165, 1.54) is 22.5 Å². The predicted octanol–water partition coefficient (Wildman–Crippen LogP) is 0.689. The van der Waals surface area contributed by atoms with Crippen molar-refractivity contribution in [1.29, 1.82) is 0 Å². The van der Waals surface area contributed by atoms with Gasteiger partial charge in [0.05, 0.1) is 6.33 Å². The van der Waals surface area contributed by atoms with Gasteiger partial charge in [-0.2, -0.15) is 0 Å². The SMILES string of the molecule is Cc1cccc(NC(=O)Cn2c(=O)c3c(ncn3C)n(C)c2=O)c1C. The highest BCUT2D eigenvalue weighted by molar-refractivity contribution is 5.91. The van der Waals surface area contributed by atoms with Crippen LogP contribution in [0.5, 0.6) is 0 Å². The van der Waals surface area contributed by atoms with E-state index in [2.05, 4.69) is 10.3 Å². The second-order valence-electron chi connectivity index (χ2n) is 6.06. The van der Waals surface area contributed by atoms with Gasteiger partial charge in [-0.1, -0.05) is 12.1 Å². The molecule has 0 unspecified atom stereocenters. The zero-order valence-electron chi connectivity index (χ0n) is 14.5. The largest absolute Gasteiger partial charge is 0.332 e. The lowest BCUT2D eigenvalue weighted by molar-refractivity contribution is -0.116. The van der Waals surface area contributed by atoms with Gasteiger partial charge in [-0.15, -0.1) is 0 Å². The molecular weight excluding hydrogens is 322 g/mol. The fourth-order valence-corrected chi connectivity index (χ4v) is 2.76. The topological polar surface area (TPSA) is 90.9 Å². The van der Waals surface area contributed by atoms with Gasteiger partial charge in [0.2, 0.25) is 5.91 Å². The van der Waals surface area contributed by atoms with Crippen molar-refractivity contribution in [2.45, 2.75) is 20.4 Å². The number of fused-ring (bicyclic) bond motifs is 1. The number of hydrogen-bond donors (Lipinski definition) is 1. The highest BCUT2D eigenvalue weighted by Crippen LogP contribution is 2.17. The average Bonchev–Trinajstić information content (AvgIpc) is 2.96. The third kappa shape index (κ3) is 2.75. The molecule has 0 saturated carbocycles. The molecule has 0 bridgehead atoms. The molecule has 1 amide bonds. The van der Waals surface area contributed by atoms with Crippen LogP contribution >= 0.6 is 0 Å². The molecular formula is C17H19N5O3. The molecule has 1 aromatic carbocycles. The minimum absolute atomic E-state index is 0.279. The molecule has 0 aliphatic rings. The zero-order chi connectivity index (χ0) is 18.3. The maximum atomic E-state index is 12.6. The summed E-state index contributed by atoms with van der Waals surface area (Å²) in [4.78, 5) is 41.5. The van der Waals surface area contributed by atoms with E-state index in [1.807, 2.05) is 26.0 Å². The number of anilines is 1. The van der Waals surface area contributed by atoms with Crippen LogP contribution < -0.4 is 16.6 Å². The third-order valence-electron chi connectivity index (χ3n) is 4.38. The summed E-state index contributed by atoms with van der Waals surface area (Å²) in [7, 11) is 3.19. The number of nitrogens with zero attached hydrogens (tertiary/aromatic N) is 4. The zero-order valence-corrected chi connectivity index (χ0v) is 14.5. The molecule has 0 aliphatic heterocycles. The van der Waals surface area contributed by atoms with Crippen molar-refractivity contribution in [3.8, 4) is 0 Å². The molecule has 2 aromatic heterocycles. The van der Waals surface area contributed by atoms with Crippen LogP contribution in [0.25, 0.3) is 11.2 Å². The number of imidazole rings is 1. The minimum atomic E-state index is -0.577. The van der Waals surface area contributed by atoms with Crippen molar-refractivity contribution in [2.24, 2.45) is 14.1 Å². The molecule has 0 radical (unpaired) electrons. The van der Waals surface area contributed by atoms with Crippen molar-refractivity contribution in [2.75, 3.05) is 5.32 Å². The van der Waals surface area contributed by atoms with Crippen LogP contribution in [-0.4, -0.2) is 24.6 Å². The maximum Gasteiger partial charge on any atom is 0.332 e. The summed E-state index contributed by atoms with van der Waals surface area (Å²) in [6.45, 7) is 3.49. The monoisotopic (exact) mass is 341 g/mol. The first-order valence-corrected chi connectivity index (χ1v) is 7.78. The minimum Gasteiger partial charge on any atom is -0.328 e. The Hall–Kier alpha value is -3.16. The van der Waals surface area contributed by atoms with Gasteiger partial charge in [0.15, 0.2) is 11.2 Å². The number of amides is 1. The molecule has 0 aliphatic carbocycles. The fourth-order valence-electron chi connectivity index (χ4n) is 2.76. The Morgan fingerprint density at radius 2 is 1.92 bits per heavy atom. The van der Waals surface area contributed by atoms with Gasteiger partial charge in [-0.05, 0) is 31.0 Å². The van der Waals surface area contributed by atoms with Crippen LogP contribution in [0.3, 0.4) is 0 Å². The summed E-state index contributed by atoms with van der Waals surface area (Å²) in [5.74, 6) is -0.436. The summed E-state index contributed by atoms with van der Waals surface area (Å²) in [5, 5.41) is 2.76. The van der Waals surface area contributed by atoms with Gasteiger partial charge in [0.1, 0.15) is 6.54 Å². The first-order chi connectivity index (χ1) is 11.8. The Balaban J connectivity index is 1.99. The molecule has 3 rings (SSSR count). The second kappa shape index (κ2) is 6.04. The average molecular weight is 341 g/mol. The van der Waals surface area contributed by atoms with Crippen LogP contribution in [0.15, 0.2) is 34.1 Å². The molecule has 3 aromatic rings. The maximum absolute atomic E-state index is 12.6. The first-order valence-electron chi connectivity index (χ1n) is 7.78. The molecule has 8 nitrogen and oxygen atoms in total. The summed E-state index contributed by atoms with van der Waals surface area (Å²) in [5.41, 5.74) is 2.11. The van der Waals surface area contributed by atoms with Crippen LogP contribution in [0, 0.1) is 13.8 Å². The standard InChI is InChI=1S/C17H19N5O3/c1-10-6-5-7-12(11(10)2)19-13(23)8-22-16(24)14-15(18-9-20(14)3)21(4)17(22)25/h5-7,9H,8H2,1-4H3,(H,19,23). The number of benzene rings is 1. The van der Waals surface area contributed by atoms with E-state index in [0.717, 1.165) is 15.7 Å². The molecule has 0 spiro atoms. The van der Waals surface area contributed by atoms with Gasteiger partial charge >= 0.3 is 5.69 Å². The normalized spacial score (nSPS) is 11.0. The van der Waals surface area contributed by atoms with Gasteiger partial charge in [-0.25, -0.2) is 14.3 Å². The van der Waals surface area contributed by atoms with Crippen LogP contribution in [0.1, 0.15) is 11.1 Å². The Morgan fingerprint density at radius 1 is 1.20 bits per heavy atom. The molecule has 1 N–H and O–H groups in total. The Morgan fingerprint density at radius 3 is 2.64 bits per heavy atom. The van der Waals surface area contributed by atoms with Crippen molar-refractivity contribution >= 4 is 22.8 Å². The number of hydrogen-bond acceptors (Lipinski definition) is 4. The summed E-state index contributed by atoms with van der Waals surface area (Å²) < 4.78 is 3.72. The number of aryl methyl sites for hydroxylation is 3. The summed E-state index contributed by atoms with van der Waals surface area (Å²) in [6, 6.07) is 5.57. The van der Waals surface area contributed by atoms with Gasteiger partial charge in [0, 0.05) is 19.8 Å². The number of carbonyl (C=O) groups excluding carboxylic acids is 1. The van der Waals surface area contributed by atoms with Gasteiger partial charge in [0.25, 0.3) is 5.56 Å². The quantitative estimate of drug-likeness (QED) is 0.759. The van der Waals surface area contributed by atoms with E-state index < -0.39 is 17.2 Å². The lowest BCUT2D eigenvalue weighted by atomic mass is 10.1. The number of rotatable bonds is 3. The highest BCUT2D eigenvalue weighted by Gasteiger charge is 2.17. The third-order valence-corrected chi connectivity index (χ3v) is 4.38. The van der Waals surface area contributed by atoms with E-state index in [9.17, 15) is 14.4 Å².